The predicted octanol–water partition coefficient (Wildman–Crippen LogP) is 5.43. The molecule has 1 aliphatic rings. The van der Waals surface area contributed by atoms with Crippen molar-refractivity contribution in [2.75, 3.05) is 30.7 Å². The number of hydrogen-bond donors (Lipinski definition) is 0. The van der Waals surface area contributed by atoms with Crippen molar-refractivity contribution in [3.8, 4) is 11.7 Å². The average molecular weight is 620 g/mol. The molecule has 13 heteroatoms. The van der Waals surface area contributed by atoms with Crippen LogP contribution in [0.15, 0.2) is 65.7 Å². The molecule has 0 saturated carbocycles. The summed E-state index contributed by atoms with van der Waals surface area (Å²) in [5, 5.41) is 9.51. The van der Waals surface area contributed by atoms with Crippen LogP contribution in [0, 0.1) is 0 Å². The lowest BCUT2D eigenvalue weighted by Gasteiger charge is -2.24. The second-order valence-electron chi connectivity index (χ2n) is 9.45. The first-order chi connectivity index (χ1) is 19.7. The van der Waals surface area contributed by atoms with Gasteiger partial charge in [-0.15, -0.1) is 10.2 Å². The van der Waals surface area contributed by atoms with Crippen molar-refractivity contribution in [2.45, 2.75) is 37.2 Å². The number of benzene rings is 2. The van der Waals surface area contributed by atoms with Crippen LogP contribution in [0.1, 0.15) is 26.2 Å². The van der Waals surface area contributed by atoms with Crippen LogP contribution < -0.4 is 9.04 Å². The summed E-state index contributed by atoms with van der Waals surface area (Å²) in [4.78, 5) is 12.5. The van der Waals surface area contributed by atoms with Crippen molar-refractivity contribution in [3.05, 3.63) is 70.8 Å². The largest absolute Gasteiger partial charge is 0.471 e. The van der Waals surface area contributed by atoms with E-state index >= 15 is 0 Å². The van der Waals surface area contributed by atoms with E-state index in [9.17, 15) is 13.2 Å². The lowest BCUT2D eigenvalue weighted by Crippen LogP contribution is -2.36. The van der Waals surface area contributed by atoms with Crippen LogP contribution in [0.5, 0.6) is 5.88 Å². The number of halogens is 2. The fourth-order valence-corrected chi connectivity index (χ4v) is 6.51. The maximum atomic E-state index is 13.8. The minimum absolute atomic E-state index is 0.0351. The Morgan fingerprint density at radius 1 is 1.10 bits per heavy atom. The van der Waals surface area contributed by atoms with E-state index < -0.39 is 22.5 Å². The van der Waals surface area contributed by atoms with E-state index in [0.29, 0.717) is 31.3 Å². The van der Waals surface area contributed by atoms with Crippen LogP contribution in [-0.2, 0) is 24.3 Å². The minimum Gasteiger partial charge on any atom is -0.471 e. The molecular formula is C28H28Cl2N4O6S. The van der Waals surface area contributed by atoms with Gasteiger partial charge in [-0.25, -0.2) is 8.42 Å². The fourth-order valence-electron chi connectivity index (χ4n) is 4.38. The van der Waals surface area contributed by atoms with Gasteiger partial charge in [0.1, 0.15) is 12.6 Å². The van der Waals surface area contributed by atoms with Crippen LogP contribution in [0.4, 0.5) is 5.69 Å². The molecule has 0 amide bonds. The summed E-state index contributed by atoms with van der Waals surface area (Å²) in [7, 11) is -4.24. The maximum absolute atomic E-state index is 13.8. The van der Waals surface area contributed by atoms with Gasteiger partial charge in [0.15, 0.2) is 5.82 Å². The molecule has 5 rings (SSSR count). The highest BCUT2D eigenvalue weighted by molar-refractivity contribution is 7.92. The van der Waals surface area contributed by atoms with Gasteiger partial charge in [0.2, 0.25) is 5.88 Å². The molecule has 10 nitrogen and oxygen atoms in total. The molecule has 2 aromatic carbocycles. The average Bonchev–Trinajstić information content (AvgIpc) is 3.61. The van der Waals surface area contributed by atoms with Gasteiger partial charge in [0.25, 0.3) is 10.0 Å². The summed E-state index contributed by atoms with van der Waals surface area (Å²) in [6, 6.07) is 14.4. The minimum atomic E-state index is -4.24. The summed E-state index contributed by atoms with van der Waals surface area (Å²) < 4.78 is 46.8. The lowest BCUT2D eigenvalue weighted by atomic mass is 10.2. The first-order valence-corrected chi connectivity index (χ1v) is 15.3. The van der Waals surface area contributed by atoms with Crippen molar-refractivity contribution >= 4 is 55.8 Å². The van der Waals surface area contributed by atoms with E-state index in [1.165, 1.54) is 18.2 Å². The highest BCUT2D eigenvalue weighted by Gasteiger charge is 2.29. The molecule has 0 N–H and O–H groups in total. The highest BCUT2D eigenvalue weighted by Crippen LogP contribution is 2.31. The van der Waals surface area contributed by atoms with E-state index in [1.54, 1.807) is 36.5 Å². The summed E-state index contributed by atoms with van der Waals surface area (Å²) in [5.74, 6) is 0.297. The van der Waals surface area contributed by atoms with E-state index in [0.717, 1.165) is 28.0 Å². The molecule has 1 saturated heterocycles. The van der Waals surface area contributed by atoms with Crippen LogP contribution >= 0.6 is 23.2 Å². The normalized spacial score (nSPS) is 15.2. The van der Waals surface area contributed by atoms with Crippen LogP contribution in [-0.4, -0.2) is 61.6 Å². The molecule has 0 unspecified atom stereocenters. The van der Waals surface area contributed by atoms with Crippen LogP contribution in [0.2, 0.25) is 10.0 Å². The standard InChI is InChI=1S/C28H28Cl2N4O6S/c1-2-3-11-39-28(35)17-34(41(36,37)24-15-20(29)14-21(30)16-24)22-4-5-25-19(13-22)8-10-33(25)26-6-7-27(32-31-26)40-23-9-12-38-18-23/h4-8,10,13-16,23H,2-3,9,11-12,17-18H2,1H3/t23-/m0/s1. The number of aromatic nitrogens is 3. The summed E-state index contributed by atoms with van der Waals surface area (Å²) in [6.07, 6.45) is 4.08. The van der Waals surface area contributed by atoms with Crippen molar-refractivity contribution < 1.29 is 27.4 Å². The number of ether oxygens (including phenoxy) is 3. The number of rotatable bonds is 11. The molecule has 0 aliphatic carbocycles. The Hall–Kier alpha value is -3.38. The Kier molecular flexibility index (Phi) is 8.98. The number of nitrogens with zero attached hydrogens (tertiary/aromatic N) is 4. The highest BCUT2D eigenvalue weighted by atomic mass is 35.5. The third-order valence-electron chi connectivity index (χ3n) is 6.47. The third kappa shape index (κ3) is 6.75. The van der Waals surface area contributed by atoms with E-state index in [2.05, 4.69) is 10.2 Å². The molecule has 2 aromatic heterocycles. The van der Waals surface area contributed by atoms with Crippen LogP contribution in [0.25, 0.3) is 16.7 Å². The monoisotopic (exact) mass is 618 g/mol. The summed E-state index contributed by atoms with van der Waals surface area (Å²) >= 11 is 12.2. The van der Waals surface area contributed by atoms with Gasteiger partial charge in [0.05, 0.1) is 35.9 Å². The van der Waals surface area contributed by atoms with E-state index in [-0.39, 0.29) is 33.3 Å². The van der Waals surface area contributed by atoms with Crippen molar-refractivity contribution in [3.63, 3.8) is 0 Å². The van der Waals surface area contributed by atoms with Gasteiger partial charge < -0.3 is 14.2 Å². The molecule has 3 heterocycles. The SMILES string of the molecule is CCCCOC(=O)CN(c1ccc2c(ccn2-c2ccc(O[C@H]3CCOC3)nn2)c1)S(=O)(=O)c1cc(Cl)cc(Cl)c1. The Morgan fingerprint density at radius 3 is 2.59 bits per heavy atom. The fraction of sp³-hybridized carbons (Fsp3) is 0.321. The number of anilines is 1. The molecule has 0 radical (unpaired) electrons. The third-order valence-corrected chi connectivity index (χ3v) is 8.66. The van der Waals surface area contributed by atoms with Crippen LogP contribution in [0.3, 0.4) is 0 Å². The van der Waals surface area contributed by atoms with Gasteiger partial charge in [0, 0.05) is 34.1 Å². The first-order valence-electron chi connectivity index (χ1n) is 13.1. The van der Waals surface area contributed by atoms with Gasteiger partial charge >= 0.3 is 5.97 Å². The number of unbranched alkanes of at least 4 members (excludes halogenated alkanes) is 1. The smallest absolute Gasteiger partial charge is 0.326 e. The zero-order valence-corrected chi connectivity index (χ0v) is 24.5. The summed E-state index contributed by atoms with van der Waals surface area (Å²) in [6.45, 7) is 2.84. The number of esters is 1. The first kappa shape index (κ1) is 29.1. The van der Waals surface area contributed by atoms with Crippen molar-refractivity contribution in [2.24, 2.45) is 0 Å². The van der Waals surface area contributed by atoms with Crippen molar-refractivity contribution in [1.29, 1.82) is 0 Å². The topological polar surface area (TPSA) is 113 Å². The Bertz CT molecular complexity index is 1620. The van der Waals surface area contributed by atoms with Gasteiger partial charge in [-0.3, -0.25) is 13.7 Å². The lowest BCUT2D eigenvalue weighted by molar-refractivity contribution is -0.141. The van der Waals surface area contributed by atoms with Crippen molar-refractivity contribution in [1.82, 2.24) is 14.8 Å². The zero-order valence-electron chi connectivity index (χ0n) is 22.2. The van der Waals surface area contributed by atoms with E-state index in [4.69, 9.17) is 37.4 Å². The molecule has 1 aliphatic heterocycles. The van der Waals surface area contributed by atoms with Gasteiger partial charge in [-0.2, -0.15) is 0 Å². The quantitative estimate of drug-likeness (QED) is 0.161. The number of carbonyl (C=O) groups is 1. The maximum Gasteiger partial charge on any atom is 0.326 e. The molecular weight excluding hydrogens is 591 g/mol. The van der Waals surface area contributed by atoms with E-state index in [1.807, 2.05) is 17.6 Å². The van der Waals surface area contributed by atoms with Gasteiger partial charge in [-0.05, 0) is 55.0 Å². The molecule has 0 bridgehead atoms. The molecule has 1 fully saturated rings. The number of carbonyl (C=O) groups excluding carboxylic acids is 1. The number of hydrogen-bond acceptors (Lipinski definition) is 8. The van der Waals surface area contributed by atoms with Gasteiger partial charge in [-0.1, -0.05) is 36.5 Å². The predicted molar refractivity (Wildman–Crippen MR) is 156 cm³/mol. The second kappa shape index (κ2) is 12.6. The molecule has 1 atom stereocenters. The summed E-state index contributed by atoms with van der Waals surface area (Å²) in [5.41, 5.74) is 1.03. The Balaban J connectivity index is 1.45. The molecule has 216 valence electrons. The molecule has 4 aromatic rings. The molecule has 41 heavy (non-hydrogen) atoms. The second-order valence-corrected chi connectivity index (χ2v) is 12.2. The molecule has 0 spiro atoms. The number of sulfonamides is 1. The Morgan fingerprint density at radius 2 is 1.90 bits per heavy atom. The zero-order chi connectivity index (χ0) is 29.0. The Labute approximate surface area is 247 Å². The number of fused-ring (bicyclic) bond motifs is 1.